The smallest absolute Gasteiger partial charge is 0.0598 e. The van der Waals surface area contributed by atoms with Crippen molar-refractivity contribution in [1.82, 2.24) is 15.2 Å². The lowest BCUT2D eigenvalue weighted by atomic mass is 10.2. The third-order valence-electron chi connectivity index (χ3n) is 4.29. The molecule has 20 heavy (non-hydrogen) atoms. The molecule has 1 aliphatic rings. The number of nitrogens with one attached hydrogen (secondary N) is 1. The fourth-order valence-electron chi connectivity index (χ4n) is 3.11. The number of aromatic nitrogens is 1. The molecule has 0 bridgehead atoms. The van der Waals surface area contributed by atoms with E-state index in [1.165, 1.54) is 17.7 Å². The van der Waals surface area contributed by atoms with Gasteiger partial charge >= 0.3 is 0 Å². The van der Waals surface area contributed by atoms with E-state index in [1.54, 1.807) is 0 Å². The van der Waals surface area contributed by atoms with Gasteiger partial charge in [0.05, 0.1) is 11.9 Å². The summed E-state index contributed by atoms with van der Waals surface area (Å²) in [5.41, 5.74) is 2.67. The van der Waals surface area contributed by atoms with E-state index in [-0.39, 0.29) is 0 Å². The highest BCUT2D eigenvalue weighted by Gasteiger charge is 2.27. The molecule has 0 amide bonds. The van der Waals surface area contributed by atoms with Gasteiger partial charge in [-0.05, 0) is 37.7 Å². The van der Waals surface area contributed by atoms with Gasteiger partial charge in [0.15, 0.2) is 0 Å². The molecule has 112 valence electrons. The summed E-state index contributed by atoms with van der Waals surface area (Å²) in [6.07, 6.45) is 5.18. The average molecular weight is 276 g/mol. The van der Waals surface area contributed by atoms with Gasteiger partial charge in [-0.15, -0.1) is 0 Å². The van der Waals surface area contributed by atoms with Crippen molar-refractivity contribution in [3.63, 3.8) is 0 Å². The Morgan fingerprint density at radius 1 is 1.35 bits per heavy atom. The maximum atomic E-state index is 4.33. The van der Waals surface area contributed by atoms with Crippen LogP contribution in [-0.4, -0.2) is 48.6 Å². The first kappa shape index (κ1) is 15.3. The predicted octanol–water partition coefficient (Wildman–Crippen LogP) is 2.11. The molecular formula is C16H28N4. The minimum atomic E-state index is 0.692. The Kier molecular flexibility index (Phi) is 5.80. The zero-order chi connectivity index (χ0) is 14.4. The van der Waals surface area contributed by atoms with Crippen molar-refractivity contribution in [2.45, 2.75) is 39.8 Å². The van der Waals surface area contributed by atoms with E-state index in [0.717, 1.165) is 39.3 Å². The average Bonchev–Trinajstić information content (AvgIpc) is 2.96. The Labute approximate surface area is 123 Å². The molecule has 1 saturated heterocycles. The van der Waals surface area contributed by atoms with Gasteiger partial charge < -0.3 is 10.2 Å². The number of nitrogens with zero attached hydrogens (tertiary/aromatic N) is 3. The van der Waals surface area contributed by atoms with Crippen LogP contribution in [-0.2, 0) is 6.54 Å². The molecule has 0 spiro atoms. The van der Waals surface area contributed by atoms with Crippen LogP contribution in [0.2, 0.25) is 0 Å². The Bertz CT molecular complexity index is 403. The monoisotopic (exact) mass is 276 g/mol. The van der Waals surface area contributed by atoms with Crippen LogP contribution in [0.15, 0.2) is 18.5 Å². The van der Waals surface area contributed by atoms with E-state index in [1.807, 2.05) is 12.4 Å². The van der Waals surface area contributed by atoms with Gasteiger partial charge in [-0.25, -0.2) is 0 Å². The second kappa shape index (κ2) is 7.60. The number of likely N-dealkylation sites (N-methyl/N-ethyl adjacent to an activating group) is 1. The second-order valence-electron chi connectivity index (χ2n) is 5.39. The topological polar surface area (TPSA) is 31.4 Å². The molecule has 1 N–H and O–H groups in total. The first-order chi connectivity index (χ1) is 9.80. The molecule has 0 saturated carbocycles. The summed E-state index contributed by atoms with van der Waals surface area (Å²) < 4.78 is 0. The van der Waals surface area contributed by atoms with Gasteiger partial charge in [-0.1, -0.05) is 20.8 Å². The Morgan fingerprint density at radius 3 is 2.85 bits per heavy atom. The summed E-state index contributed by atoms with van der Waals surface area (Å²) in [7, 11) is 0. The van der Waals surface area contributed by atoms with Crippen LogP contribution in [0, 0.1) is 0 Å². The first-order valence-corrected chi connectivity index (χ1v) is 7.92. The summed E-state index contributed by atoms with van der Waals surface area (Å²) in [4.78, 5) is 9.40. The van der Waals surface area contributed by atoms with Gasteiger partial charge in [0.2, 0.25) is 0 Å². The fourth-order valence-corrected chi connectivity index (χ4v) is 3.11. The Hall–Kier alpha value is -1.13. The molecule has 1 fully saturated rings. The van der Waals surface area contributed by atoms with E-state index in [0.29, 0.717) is 6.04 Å². The molecule has 4 heteroatoms. The SMILES string of the molecule is CCNCc1ccncc1N1CCC(N(CC)CC)C1. The van der Waals surface area contributed by atoms with E-state index >= 15 is 0 Å². The van der Waals surface area contributed by atoms with Crippen molar-refractivity contribution in [3.8, 4) is 0 Å². The van der Waals surface area contributed by atoms with Crippen LogP contribution in [0.5, 0.6) is 0 Å². The van der Waals surface area contributed by atoms with Crippen molar-refractivity contribution in [2.75, 3.05) is 37.6 Å². The van der Waals surface area contributed by atoms with E-state index in [2.05, 4.69) is 46.9 Å². The Morgan fingerprint density at radius 2 is 2.15 bits per heavy atom. The third kappa shape index (κ3) is 3.49. The zero-order valence-corrected chi connectivity index (χ0v) is 13.1. The molecule has 2 rings (SSSR count). The predicted molar refractivity (Wildman–Crippen MR) is 85.2 cm³/mol. The molecule has 4 nitrogen and oxygen atoms in total. The summed E-state index contributed by atoms with van der Waals surface area (Å²) >= 11 is 0. The molecule has 0 aromatic carbocycles. The lowest BCUT2D eigenvalue weighted by molar-refractivity contribution is 0.232. The molecule has 1 aromatic heterocycles. The van der Waals surface area contributed by atoms with E-state index in [4.69, 9.17) is 0 Å². The van der Waals surface area contributed by atoms with E-state index < -0.39 is 0 Å². The summed E-state index contributed by atoms with van der Waals surface area (Å²) in [5.74, 6) is 0. The number of pyridine rings is 1. The summed E-state index contributed by atoms with van der Waals surface area (Å²) in [5, 5.41) is 3.42. The lowest BCUT2D eigenvalue weighted by Gasteiger charge is -2.27. The summed E-state index contributed by atoms with van der Waals surface area (Å²) in [6, 6.07) is 2.83. The highest BCUT2D eigenvalue weighted by Crippen LogP contribution is 2.25. The van der Waals surface area contributed by atoms with Crippen molar-refractivity contribution in [1.29, 1.82) is 0 Å². The molecule has 1 aliphatic heterocycles. The molecular weight excluding hydrogens is 248 g/mol. The van der Waals surface area contributed by atoms with Crippen molar-refractivity contribution in [2.24, 2.45) is 0 Å². The van der Waals surface area contributed by atoms with Crippen LogP contribution in [0.1, 0.15) is 32.8 Å². The highest BCUT2D eigenvalue weighted by atomic mass is 15.3. The van der Waals surface area contributed by atoms with Crippen LogP contribution in [0.25, 0.3) is 0 Å². The minimum absolute atomic E-state index is 0.692. The molecule has 1 unspecified atom stereocenters. The maximum Gasteiger partial charge on any atom is 0.0598 e. The summed E-state index contributed by atoms with van der Waals surface area (Å²) in [6.45, 7) is 13.2. The van der Waals surface area contributed by atoms with Gasteiger partial charge in [0, 0.05) is 31.9 Å². The van der Waals surface area contributed by atoms with Crippen LogP contribution in [0.4, 0.5) is 5.69 Å². The van der Waals surface area contributed by atoms with Gasteiger partial charge in [-0.2, -0.15) is 0 Å². The molecule has 2 heterocycles. The number of hydrogen-bond acceptors (Lipinski definition) is 4. The Balaban J connectivity index is 2.05. The van der Waals surface area contributed by atoms with Crippen molar-refractivity contribution >= 4 is 5.69 Å². The van der Waals surface area contributed by atoms with Gasteiger partial charge in [0.25, 0.3) is 0 Å². The van der Waals surface area contributed by atoms with Gasteiger partial charge in [-0.3, -0.25) is 9.88 Å². The zero-order valence-electron chi connectivity index (χ0n) is 13.1. The molecule has 0 aliphatic carbocycles. The fraction of sp³-hybridized carbons (Fsp3) is 0.688. The third-order valence-corrected chi connectivity index (χ3v) is 4.29. The standard InChI is InChI=1S/C16H28N4/c1-4-17-11-14-7-9-18-12-16(14)20-10-8-15(13-20)19(5-2)6-3/h7,9,12,15,17H,4-6,8,10-11,13H2,1-3H3. The highest BCUT2D eigenvalue weighted by molar-refractivity contribution is 5.52. The minimum Gasteiger partial charge on any atom is -0.368 e. The largest absolute Gasteiger partial charge is 0.368 e. The quantitative estimate of drug-likeness (QED) is 0.826. The second-order valence-corrected chi connectivity index (χ2v) is 5.39. The lowest BCUT2D eigenvalue weighted by Crippen LogP contribution is -2.37. The van der Waals surface area contributed by atoms with Crippen molar-refractivity contribution in [3.05, 3.63) is 24.0 Å². The number of rotatable bonds is 7. The van der Waals surface area contributed by atoms with Crippen molar-refractivity contribution < 1.29 is 0 Å². The number of hydrogen-bond donors (Lipinski definition) is 1. The molecule has 1 aromatic rings. The molecule has 0 radical (unpaired) electrons. The van der Waals surface area contributed by atoms with Gasteiger partial charge in [0.1, 0.15) is 0 Å². The maximum absolute atomic E-state index is 4.33. The first-order valence-electron chi connectivity index (χ1n) is 7.92. The normalized spacial score (nSPS) is 19.0. The van der Waals surface area contributed by atoms with Crippen LogP contribution < -0.4 is 10.2 Å². The molecule has 1 atom stereocenters. The van der Waals surface area contributed by atoms with Crippen LogP contribution in [0.3, 0.4) is 0 Å². The van der Waals surface area contributed by atoms with E-state index in [9.17, 15) is 0 Å². The van der Waals surface area contributed by atoms with Crippen LogP contribution >= 0.6 is 0 Å². The number of anilines is 1.